The van der Waals surface area contributed by atoms with Crippen molar-refractivity contribution in [2.45, 2.75) is 65.1 Å². The van der Waals surface area contributed by atoms with Gasteiger partial charge in [0.1, 0.15) is 6.23 Å². The van der Waals surface area contributed by atoms with Gasteiger partial charge >= 0.3 is 0 Å². The fraction of sp³-hybridized carbons (Fsp3) is 1.00. The van der Waals surface area contributed by atoms with Crippen LogP contribution in [0.5, 0.6) is 0 Å². The van der Waals surface area contributed by atoms with Crippen molar-refractivity contribution in [3.05, 3.63) is 0 Å². The molecule has 2 heteroatoms. The van der Waals surface area contributed by atoms with Crippen LogP contribution in [0.1, 0.15) is 52.9 Å². The molecule has 4 unspecified atom stereocenters. The smallest absolute Gasteiger partial charge is 0.104 e. The van der Waals surface area contributed by atoms with E-state index in [-0.39, 0.29) is 6.23 Å². The van der Waals surface area contributed by atoms with Crippen LogP contribution in [0.4, 0.5) is 0 Å². The number of hydrogen-bond acceptors (Lipinski definition) is 2. The Hall–Kier alpha value is -0.0800. The first-order valence-corrected chi connectivity index (χ1v) is 6.48. The molecule has 1 saturated carbocycles. The Bertz CT molecular complexity index is 181. The maximum Gasteiger partial charge on any atom is 0.104 e. The minimum absolute atomic E-state index is 0.315. The van der Waals surface area contributed by atoms with Crippen LogP contribution in [0.25, 0.3) is 0 Å². The van der Waals surface area contributed by atoms with Crippen molar-refractivity contribution in [3.8, 4) is 0 Å². The van der Waals surface area contributed by atoms with E-state index < -0.39 is 0 Å². The standard InChI is InChI=1S/C13H27NO/c1-5-12-9-7-6-8-10(2)13(12)14(4)11(3)15/h10-13,15H,5-9H2,1-4H3. The van der Waals surface area contributed by atoms with E-state index in [1.54, 1.807) is 0 Å². The molecule has 1 aliphatic carbocycles. The normalized spacial score (nSPS) is 35.2. The Labute approximate surface area is 94.7 Å². The minimum Gasteiger partial charge on any atom is -0.379 e. The molecule has 0 bridgehead atoms. The summed E-state index contributed by atoms with van der Waals surface area (Å²) in [6.07, 6.45) is 6.31. The molecular formula is C13H27NO. The molecule has 90 valence electrons. The lowest BCUT2D eigenvalue weighted by atomic mass is 9.85. The number of rotatable bonds is 3. The maximum absolute atomic E-state index is 9.72. The third-order valence-electron chi connectivity index (χ3n) is 4.13. The second-order valence-electron chi connectivity index (χ2n) is 5.22. The number of hydrogen-bond donors (Lipinski definition) is 1. The zero-order valence-corrected chi connectivity index (χ0v) is 10.7. The first-order chi connectivity index (χ1) is 7.07. The van der Waals surface area contributed by atoms with Gasteiger partial charge in [-0.25, -0.2) is 0 Å². The molecule has 0 aliphatic heterocycles. The van der Waals surface area contributed by atoms with Crippen LogP contribution in [0, 0.1) is 11.8 Å². The molecule has 0 aromatic rings. The highest BCUT2D eigenvalue weighted by molar-refractivity contribution is 4.84. The summed E-state index contributed by atoms with van der Waals surface area (Å²) in [5.74, 6) is 1.49. The van der Waals surface area contributed by atoms with Gasteiger partial charge < -0.3 is 5.11 Å². The minimum atomic E-state index is -0.315. The number of aliphatic hydroxyl groups excluding tert-OH is 1. The molecule has 0 saturated heterocycles. The Morgan fingerprint density at radius 3 is 2.47 bits per heavy atom. The summed E-state index contributed by atoms with van der Waals surface area (Å²) in [7, 11) is 2.07. The molecule has 2 nitrogen and oxygen atoms in total. The largest absolute Gasteiger partial charge is 0.379 e. The van der Waals surface area contributed by atoms with Crippen LogP contribution >= 0.6 is 0 Å². The van der Waals surface area contributed by atoms with E-state index in [1.165, 1.54) is 32.1 Å². The van der Waals surface area contributed by atoms with Crippen LogP contribution < -0.4 is 0 Å². The Balaban J connectivity index is 2.75. The van der Waals surface area contributed by atoms with Gasteiger partial charge in [0.15, 0.2) is 0 Å². The average Bonchev–Trinajstić information content (AvgIpc) is 2.38. The van der Waals surface area contributed by atoms with E-state index in [1.807, 2.05) is 6.92 Å². The predicted molar refractivity (Wildman–Crippen MR) is 64.6 cm³/mol. The van der Waals surface area contributed by atoms with Crippen LogP contribution in [-0.2, 0) is 0 Å². The van der Waals surface area contributed by atoms with Gasteiger partial charge in [0.25, 0.3) is 0 Å². The highest BCUT2D eigenvalue weighted by Gasteiger charge is 2.32. The average molecular weight is 213 g/mol. The zero-order chi connectivity index (χ0) is 11.4. The van der Waals surface area contributed by atoms with Gasteiger partial charge in [-0.1, -0.05) is 33.1 Å². The van der Waals surface area contributed by atoms with Crippen LogP contribution in [0.15, 0.2) is 0 Å². The molecule has 0 aromatic heterocycles. The van der Waals surface area contributed by atoms with Crippen molar-refractivity contribution in [2.24, 2.45) is 11.8 Å². The summed E-state index contributed by atoms with van der Waals surface area (Å²) in [5.41, 5.74) is 0. The molecule has 0 radical (unpaired) electrons. The molecule has 1 rings (SSSR count). The molecule has 1 fully saturated rings. The lowest BCUT2D eigenvalue weighted by molar-refractivity contribution is -0.0272. The van der Waals surface area contributed by atoms with Gasteiger partial charge in [-0.2, -0.15) is 0 Å². The summed E-state index contributed by atoms with van der Waals surface area (Å²) < 4.78 is 0. The van der Waals surface area contributed by atoms with E-state index in [0.717, 1.165) is 11.8 Å². The Morgan fingerprint density at radius 2 is 1.93 bits per heavy atom. The lowest BCUT2D eigenvalue weighted by Crippen LogP contribution is -2.46. The Kier molecular flexibility index (Phi) is 5.07. The van der Waals surface area contributed by atoms with E-state index in [4.69, 9.17) is 0 Å². The molecule has 1 N–H and O–H groups in total. The fourth-order valence-electron chi connectivity index (χ4n) is 3.11. The summed E-state index contributed by atoms with van der Waals surface area (Å²) in [6.45, 7) is 6.51. The van der Waals surface area contributed by atoms with Crippen molar-refractivity contribution in [3.63, 3.8) is 0 Å². The number of nitrogens with zero attached hydrogens (tertiary/aromatic N) is 1. The predicted octanol–water partition coefficient (Wildman–Crippen LogP) is 2.86. The third-order valence-corrected chi connectivity index (χ3v) is 4.13. The first-order valence-electron chi connectivity index (χ1n) is 6.48. The van der Waals surface area contributed by atoms with Crippen molar-refractivity contribution < 1.29 is 5.11 Å². The summed E-state index contributed by atoms with van der Waals surface area (Å²) in [6, 6.07) is 0.567. The molecule has 15 heavy (non-hydrogen) atoms. The van der Waals surface area contributed by atoms with Crippen LogP contribution in [-0.4, -0.2) is 29.3 Å². The van der Waals surface area contributed by atoms with E-state index in [0.29, 0.717) is 6.04 Å². The van der Waals surface area contributed by atoms with E-state index >= 15 is 0 Å². The number of aliphatic hydroxyl groups is 1. The zero-order valence-electron chi connectivity index (χ0n) is 10.7. The summed E-state index contributed by atoms with van der Waals surface area (Å²) in [4.78, 5) is 2.17. The molecule has 4 atom stereocenters. The monoisotopic (exact) mass is 213 g/mol. The van der Waals surface area contributed by atoms with Gasteiger partial charge in [0.2, 0.25) is 0 Å². The third kappa shape index (κ3) is 3.18. The van der Waals surface area contributed by atoms with Gasteiger partial charge in [0, 0.05) is 6.04 Å². The molecule has 0 heterocycles. The van der Waals surface area contributed by atoms with Crippen molar-refractivity contribution in [1.82, 2.24) is 4.90 Å². The molecule has 0 aromatic carbocycles. The lowest BCUT2D eigenvalue weighted by Gasteiger charge is -2.38. The van der Waals surface area contributed by atoms with Gasteiger partial charge in [-0.15, -0.1) is 0 Å². The highest BCUT2D eigenvalue weighted by atomic mass is 16.3. The summed E-state index contributed by atoms with van der Waals surface area (Å²) in [5, 5.41) is 9.72. The topological polar surface area (TPSA) is 23.5 Å². The highest BCUT2D eigenvalue weighted by Crippen LogP contribution is 2.33. The molecule has 1 aliphatic rings. The van der Waals surface area contributed by atoms with E-state index in [2.05, 4.69) is 25.8 Å². The van der Waals surface area contributed by atoms with Gasteiger partial charge in [-0.05, 0) is 38.6 Å². The van der Waals surface area contributed by atoms with Crippen molar-refractivity contribution in [1.29, 1.82) is 0 Å². The van der Waals surface area contributed by atoms with Crippen LogP contribution in [0.2, 0.25) is 0 Å². The molecule has 0 amide bonds. The second kappa shape index (κ2) is 5.86. The fourth-order valence-corrected chi connectivity index (χ4v) is 3.11. The quantitative estimate of drug-likeness (QED) is 0.575. The van der Waals surface area contributed by atoms with Gasteiger partial charge in [-0.3, -0.25) is 4.90 Å². The SMILES string of the molecule is CCC1CCCCC(C)C1N(C)C(C)O. The molecule has 0 spiro atoms. The molecular weight excluding hydrogens is 186 g/mol. The van der Waals surface area contributed by atoms with Crippen molar-refractivity contribution >= 4 is 0 Å². The van der Waals surface area contributed by atoms with Gasteiger partial charge in [0.05, 0.1) is 0 Å². The maximum atomic E-state index is 9.72. The summed E-state index contributed by atoms with van der Waals surface area (Å²) >= 11 is 0. The van der Waals surface area contributed by atoms with E-state index in [9.17, 15) is 5.11 Å². The van der Waals surface area contributed by atoms with Crippen molar-refractivity contribution in [2.75, 3.05) is 7.05 Å². The first kappa shape index (κ1) is 13.0. The van der Waals surface area contributed by atoms with Crippen LogP contribution in [0.3, 0.4) is 0 Å². The Morgan fingerprint density at radius 1 is 1.33 bits per heavy atom. The second-order valence-corrected chi connectivity index (χ2v) is 5.22.